The van der Waals surface area contributed by atoms with E-state index in [0.29, 0.717) is 10.7 Å². The third kappa shape index (κ3) is 6.08. The molecule has 0 saturated heterocycles. The third-order valence-electron chi connectivity index (χ3n) is 2.19. The number of aryl methyl sites for hydroxylation is 1. The number of anilines is 1. The van der Waals surface area contributed by atoms with Crippen LogP contribution in [0.4, 0.5) is 10.5 Å². The zero-order valence-corrected chi connectivity index (χ0v) is 11.2. The molecule has 1 aromatic carbocycles. The molecule has 0 fully saturated rings. The Morgan fingerprint density at radius 1 is 1.42 bits per heavy atom. The van der Waals surface area contributed by atoms with E-state index >= 15 is 0 Å². The van der Waals surface area contributed by atoms with Crippen LogP contribution in [0.15, 0.2) is 18.2 Å². The Labute approximate surface area is 115 Å². The van der Waals surface area contributed by atoms with E-state index in [4.69, 9.17) is 21.4 Å². The fraction of sp³-hybridized carbons (Fsp3) is 0.333. The SMILES string of the molecule is Cc1ccc(NC(=O)NCCOCC(=O)O)cc1Cl. The van der Waals surface area contributed by atoms with Crippen LogP contribution in [-0.4, -0.2) is 36.9 Å². The maximum absolute atomic E-state index is 11.5. The molecule has 7 heteroatoms. The van der Waals surface area contributed by atoms with Crippen molar-refractivity contribution < 1.29 is 19.4 Å². The summed E-state index contributed by atoms with van der Waals surface area (Å²) in [6, 6.07) is 4.78. The molecule has 0 heterocycles. The number of rotatable bonds is 6. The van der Waals surface area contributed by atoms with Gasteiger partial charge in [-0.3, -0.25) is 0 Å². The number of carbonyl (C=O) groups is 2. The highest BCUT2D eigenvalue weighted by Gasteiger charge is 2.03. The summed E-state index contributed by atoms with van der Waals surface area (Å²) in [6.45, 7) is 1.84. The minimum Gasteiger partial charge on any atom is -0.480 e. The Kier molecular flexibility index (Phi) is 6.11. The van der Waals surface area contributed by atoms with Gasteiger partial charge in [-0.2, -0.15) is 0 Å². The highest BCUT2D eigenvalue weighted by molar-refractivity contribution is 6.31. The summed E-state index contributed by atoms with van der Waals surface area (Å²) in [5.41, 5.74) is 1.51. The van der Waals surface area contributed by atoms with Gasteiger partial charge in [-0.05, 0) is 24.6 Å². The van der Waals surface area contributed by atoms with E-state index in [1.54, 1.807) is 18.2 Å². The first-order valence-electron chi connectivity index (χ1n) is 5.59. The van der Waals surface area contributed by atoms with Crippen LogP contribution in [-0.2, 0) is 9.53 Å². The molecule has 19 heavy (non-hydrogen) atoms. The molecular formula is C12H15ClN2O4. The van der Waals surface area contributed by atoms with Crippen LogP contribution >= 0.6 is 11.6 Å². The number of carboxylic acids is 1. The second kappa shape index (κ2) is 7.60. The van der Waals surface area contributed by atoms with Crippen molar-refractivity contribution in [2.24, 2.45) is 0 Å². The van der Waals surface area contributed by atoms with Gasteiger partial charge in [0.25, 0.3) is 0 Å². The molecule has 0 aromatic heterocycles. The highest BCUT2D eigenvalue weighted by Crippen LogP contribution is 2.19. The zero-order chi connectivity index (χ0) is 14.3. The Morgan fingerprint density at radius 2 is 2.16 bits per heavy atom. The van der Waals surface area contributed by atoms with E-state index in [9.17, 15) is 9.59 Å². The van der Waals surface area contributed by atoms with Crippen molar-refractivity contribution in [1.82, 2.24) is 5.32 Å². The van der Waals surface area contributed by atoms with E-state index in [-0.39, 0.29) is 19.8 Å². The average Bonchev–Trinajstić information content (AvgIpc) is 2.33. The molecule has 0 unspecified atom stereocenters. The van der Waals surface area contributed by atoms with Crippen molar-refractivity contribution in [3.05, 3.63) is 28.8 Å². The van der Waals surface area contributed by atoms with Gasteiger partial charge < -0.3 is 20.5 Å². The number of hydrogen-bond donors (Lipinski definition) is 3. The Balaban J connectivity index is 2.27. The maximum atomic E-state index is 11.5. The molecule has 0 aliphatic heterocycles. The second-order valence-electron chi connectivity index (χ2n) is 3.79. The van der Waals surface area contributed by atoms with Crippen LogP contribution in [0, 0.1) is 6.92 Å². The Bertz CT molecular complexity index is 465. The molecule has 104 valence electrons. The van der Waals surface area contributed by atoms with Crippen LogP contribution in [0.25, 0.3) is 0 Å². The number of amides is 2. The van der Waals surface area contributed by atoms with E-state index in [2.05, 4.69) is 10.6 Å². The lowest BCUT2D eigenvalue weighted by atomic mass is 10.2. The summed E-state index contributed by atoms with van der Waals surface area (Å²) < 4.78 is 4.77. The lowest BCUT2D eigenvalue weighted by Gasteiger charge is -2.08. The molecular weight excluding hydrogens is 272 g/mol. The predicted molar refractivity (Wildman–Crippen MR) is 71.7 cm³/mol. The lowest BCUT2D eigenvalue weighted by molar-refractivity contribution is -0.142. The molecule has 0 radical (unpaired) electrons. The molecule has 0 spiro atoms. The molecule has 0 saturated carbocycles. The van der Waals surface area contributed by atoms with E-state index in [1.165, 1.54) is 0 Å². The molecule has 1 aromatic rings. The predicted octanol–water partition coefficient (Wildman–Crippen LogP) is 1.87. The van der Waals surface area contributed by atoms with Crippen molar-refractivity contribution in [2.75, 3.05) is 25.1 Å². The molecule has 1 rings (SSSR count). The monoisotopic (exact) mass is 286 g/mol. The number of ether oxygens (including phenoxy) is 1. The summed E-state index contributed by atoms with van der Waals surface area (Å²) in [5.74, 6) is -1.04. The van der Waals surface area contributed by atoms with Crippen molar-refractivity contribution in [1.29, 1.82) is 0 Å². The first kappa shape index (κ1) is 15.3. The van der Waals surface area contributed by atoms with Crippen molar-refractivity contribution >= 4 is 29.3 Å². The zero-order valence-electron chi connectivity index (χ0n) is 10.4. The lowest BCUT2D eigenvalue weighted by Crippen LogP contribution is -2.31. The summed E-state index contributed by atoms with van der Waals surface area (Å²) in [7, 11) is 0. The maximum Gasteiger partial charge on any atom is 0.329 e. The Morgan fingerprint density at radius 3 is 2.79 bits per heavy atom. The number of carbonyl (C=O) groups excluding carboxylic acids is 1. The van der Waals surface area contributed by atoms with Crippen LogP contribution < -0.4 is 10.6 Å². The molecule has 0 aliphatic carbocycles. The second-order valence-corrected chi connectivity index (χ2v) is 4.20. The van der Waals surface area contributed by atoms with Crippen LogP contribution in [0.5, 0.6) is 0 Å². The molecule has 3 N–H and O–H groups in total. The summed E-state index contributed by atoms with van der Waals surface area (Å²) in [4.78, 5) is 21.6. The summed E-state index contributed by atoms with van der Waals surface area (Å²) >= 11 is 5.93. The number of halogens is 1. The van der Waals surface area contributed by atoms with Gasteiger partial charge in [-0.1, -0.05) is 17.7 Å². The first-order chi connectivity index (χ1) is 8.99. The fourth-order valence-corrected chi connectivity index (χ4v) is 1.42. The number of carboxylic acid groups (broad SMARTS) is 1. The van der Waals surface area contributed by atoms with Crippen molar-refractivity contribution in [2.45, 2.75) is 6.92 Å². The molecule has 0 atom stereocenters. The van der Waals surface area contributed by atoms with Crippen molar-refractivity contribution in [3.8, 4) is 0 Å². The fourth-order valence-electron chi connectivity index (χ4n) is 1.24. The molecule has 6 nitrogen and oxygen atoms in total. The number of benzene rings is 1. The number of hydrogen-bond acceptors (Lipinski definition) is 3. The first-order valence-corrected chi connectivity index (χ1v) is 5.97. The Hall–Kier alpha value is -1.79. The minimum absolute atomic E-state index is 0.133. The van der Waals surface area contributed by atoms with Gasteiger partial charge >= 0.3 is 12.0 Å². The number of nitrogens with one attached hydrogen (secondary N) is 2. The smallest absolute Gasteiger partial charge is 0.329 e. The number of aliphatic carboxylic acids is 1. The van der Waals surface area contributed by atoms with Gasteiger partial charge in [0.2, 0.25) is 0 Å². The topological polar surface area (TPSA) is 87.7 Å². The van der Waals surface area contributed by atoms with Gasteiger partial charge in [0.1, 0.15) is 6.61 Å². The average molecular weight is 287 g/mol. The molecule has 2 amide bonds. The highest BCUT2D eigenvalue weighted by atomic mass is 35.5. The largest absolute Gasteiger partial charge is 0.480 e. The molecule has 0 aliphatic rings. The van der Waals surface area contributed by atoms with Gasteiger partial charge in [-0.25, -0.2) is 9.59 Å². The molecule has 0 bridgehead atoms. The van der Waals surface area contributed by atoms with E-state index in [0.717, 1.165) is 5.56 Å². The third-order valence-corrected chi connectivity index (χ3v) is 2.59. The normalized spacial score (nSPS) is 10.0. The van der Waals surface area contributed by atoms with E-state index < -0.39 is 12.0 Å². The quantitative estimate of drug-likeness (QED) is 0.697. The van der Waals surface area contributed by atoms with Gasteiger partial charge in [0.05, 0.1) is 6.61 Å². The standard InChI is InChI=1S/C12H15ClN2O4/c1-8-2-3-9(6-10(8)13)15-12(18)14-4-5-19-7-11(16)17/h2-3,6H,4-5,7H2,1H3,(H,16,17)(H2,14,15,18). The van der Waals surface area contributed by atoms with E-state index in [1.807, 2.05) is 6.92 Å². The van der Waals surface area contributed by atoms with Crippen LogP contribution in [0.2, 0.25) is 5.02 Å². The minimum atomic E-state index is -1.04. The summed E-state index contributed by atoms with van der Waals surface area (Å²) in [5, 5.41) is 14.0. The van der Waals surface area contributed by atoms with Crippen LogP contribution in [0.1, 0.15) is 5.56 Å². The van der Waals surface area contributed by atoms with Gasteiger partial charge in [0, 0.05) is 17.3 Å². The van der Waals surface area contributed by atoms with Crippen LogP contribution in [0.3, 0.4) is 0 Å². The number of urea groups is 1. The van der Waals surface area contributed by atoms with Gasteiger partial charge in [-0.15, -0.1) is 0 Å². The summed E-state index contributed by atoms with van der Waals surface area (Å²) in [6.07, 6.45) is 0. The van der Waals surface area contributed by atoms with Crippen molar-refractivity contribution in [3.63, 3.8) is 0 Å². The van der Waals surface area contributed by atoms with Gasteiger partial charge in [0.15, 0.2) is 0 Å².